The number of amides is 2. The van der Waals surface area contributed by atoms with E-state index in [9.17, 15) is 9.59 Å². The highest BCUT2D eigenvalue weighted by molar-refractivity contribution is 6.30. The molecule has 18 heavy (non-hydrogen) atoms. The Balaban J connectivity index is 2.73. The highest BCUT2D eigenvalue weighted by atomic mass is 35.5. The minimum absolute atomic E-state index is 0.309. The van der Waals surface area contributed by atoms with Crippen LogP contribution in [0.2, 0.25) is 5.02 Å². The fourth-order valence-corrected chi connectivity index (χ4v) is 1.51. The van der Waals surface area contributed by atoms with Gasteiger partial charge in [0.05, 0.1) is 0 Å². The molecular weight excluding hydrogens is 252 g/mol. The van der Waals surface area contributed by atoms with Gasteiger partial charge in [-0.05, 0) is 30.5 Å². The van der Waals surface area contributed by atoms with E-state index in [1.807, 2.05) is 0 Å². The molecule has 94 valence electrons. The van der Waals surface area contributed by atoms with Gasteiger partial charge >= 0.3 is 0 Å². The highest BCUT2D eigenvalue weighted by Gasteiger charge is 2.17. The SMILES string of the molecule is CC#CC(=O)NC(Cc1ccc(Cl)cc1)C(N)=O. The second kappa shape index (κ2) is 6.67. The number of hydrogen-bond acceptors (Lipinski definition) is 2. The molecular formula is C13H13ClN2O2. The minimum atomic E-state index is -0.778. The average Bonchev–Trinajstić information content (AvgIpc) is 2.31. The lowest BCUT2D eigenvalue weighted by atomic mass is 10.1. The van der Waals surface area contributed by atoms with Gasteiger partial charge in [0.2, 0.25) is 5.91 Å². The van der Waals surface area contributed by atoms with Gasteiger partial charge in [0, 0.05) is 11.4 Å². The molecule has 1 unspecified atom stereocenters. The lowest BCUT2D eigenvalue weighted by Gasteiger charge is -2.13. The molecule has 0 saturated carbocycles. The first-order chi connectivity index (χ1) is 8.52. The van der Waals surface area contributed by atoms with E-state index in [4.69, 9.17) is 17.3 Å². The van der Waals surface area contributed by atoms with Crippen LogP contribution in [0.1, 0.15) is 12.5 Å². The van der Waals surface area contributed by atoms with Crippen LogP contribution in [0, 0.1) is 11.8 Å². The van der Waals surface area contributed by atoms with Crippen LogP contribution in [0.3, 0.4) is 0 Å². The van der Waals surface area contributed by atoms with Gasteiger partial charge in [0.15, 0.2) is 0 Å². The van der Waals surface area contributed by atoms with Crippen LogP contribution in [-0.2, 0) is 16.0 Å². The summed E-state index contributed by atoms with van der Waals surface area (Å²) in [5.74, 6) is 3.63. The normalized spacial score (nSPS) is 11.0. The Kier molecular flexibility index (Phi) is 5.22. The van der Waals surface area contributed by atoms with Crippen molar-refractivity contribution in [1.82, 2.24) is 5.32 Å². The number of nitrogens with one attached hydrogen (secondary N) is 1. The summed E-state index contributed by atoms with van der Waals surface area (Å²) in [5, 5.41) is 3.07. The Hall–Kier alpha value is -1.99. The summed E-state index contributed by atoms with van der Waals surface area (Å²) in [4.78, 5) is 22.5. The maximum Gasteiger partial charge on any atom is 0.296 e. The van der Waals surface area contributed by atoms with Gasteiger partial charge in [-0.3, -0.25) is 9.59 Å². The first-order valence-electron chi connectivity index (χ1n) is 5.30. The molecule has 0 bridgehead atoms. The second-order valence-electron chi connectivity index (χ2n) is 3.63. The summed E-state index contributed by atoms with van der Waals surface area (Å²) < 4.78 is 0. The summed E-state index contributed by atoms with van der Waals surface area (Å²) >= 11 is 5.76. The Morgan fingerprint density at radius 2 is 2.00 bits per heavy atom. The van der Waals surface area contributed by atoms with E-state index in [2.05, 4.69) is 17.2 Å². The fourth-order valence-electron chi connectivity index (χ4n) is 1.39. The maximum atomic E-state index is 11.3. The Labute approximate surface area is 111 Å². The predicted molar refractivity (Wildman–Crippen MR) is 69.7 cm³/mol. The van der Waals surface area contributed by atoms with E-state index in [1.165, 1.54) is 6.92 Å². The lowest BCUT2D eigenvalue weighted by Crippen LogP contribution is -2.45. The topological polar surface area (TPSA) is 72.2 Å². The summed E-state index contributed by atoms with van der Waals surface area (Å²) in [7, 11) is 0. The fraction of sp³-hybridized carbons (Fsp3) is 0.231. The lowest BCUT2D eigenvalue weighted by molar-refractivity contribution is -0.124. The molecule has 0 spiro atoms. The van der Waals surface area contributed by atoms with Crippen molar-refractivity contribution in [3.8, 4) is 11.8 Å². The molecule has 0 aliphatic carbocycles. The van der Waals surface area contributed by atoms with Crippen LogP contribution < -0.4 is 11.1 Å². The second-order valence-corrected chi connectivity index (χ2v) is 4.07. The average molecular weight is 265 g/mol. The molecule has 3 N–H and O–H groups in total. The van der Waals surface area contributed by atoms with Gasteiger partial charge in [-0.25, -0.2) is 0 Å². The summed E-state index contributed by atoms with van der Waals surface area (Å²) in [6.45, 7) is 1.54. The third kappa shape index (κ3) is 4.48. The van der Waals surface area contributed by atoms with Crippen molar-refractivity contribution in [3.63, 3.8) is 0 Å². The third-order valence-corrected chi connectivity index (χ3v) is 2.49. The van der Waals surface area contributed by atoms with Crippen molar-refractivity contribution < 1.29 is 9.59 Å². The summed E-state index contributed by atoms with van der Waals surface area (Å²) in [6, 6.07) is 6.19. The Morgan fingerprint density at radius 3 is 2.50 bits per heavy atom. The zero-order valence-corrected chi connectivity index (χ0v) is 10.6. The molecule has 0 aliphatic rings. The molecule has 1 rings (SSSR count). The van der Waals surface area contributed by atoms with Crippen molar-refractivity contribution in [3.05, 3.63) is 34.9 Å². The van der Waals surface area contributed by atoms with Gasteiger partial charge in [-0.2, -0.15) is 0 Å². The third-order valence-electron chi connectivity index (χ3n) is 2.24. The van der Waals surface area contributed by atoms with Crippen LogP contribution >= 0.6 is 11.6 Å². The van der Waals surface area contributed by atoms with Crippen molar-refractivity contribution in [2.75, 3.05) is 0 Å². The van der Waals surface area contributed by atoms with E-state index in [0.717, 1.165) is 5.56 Å². The molecule has 1 aromatic carbocycles. The molecule has 1 aromatic rings. The molecule has 0 saturated heterocycles. The van der Waals surface area contributed by atoms with Crippen LogP contribution in [0.5, 0.6) is 0 Å². The largest absolute Gasteiger partial charge is 0.368 e. The first kappa shape index (κ1) is 14.1. The smallest absolute Gasteiger partial charge is 0.296 e. The molecule has 0 aromatic heterocycles. The predicted octanol–water partition coefficient (Wildman–Crippen LogP) is 0.876. The van der Waals surface area contributed by atoms with Crippen LogP contribution in [0.25, 0.3) is 0 Å². The zero-order chi connectivity index (χ0) is 13.5. The number of carbonyl (C=O) groups is 2. The molecule has 4 nitrogen and oxygen atoms in total. The highest BCUT2D eigenvalue weighted by Crippen LogP contribution is 2.11. The maximum absolute atomic E-state index is 11.3. The van der Waals surface area contributed by atoms with Gasteiger partial charge in [-0.1, -0.05) is 29.7 Å². The number of nitrogens with two attached hydrogens (primary N) is 1. The molecule has 0 aliphatic heterocycles. The number of primary amides is 1. The van der Waals surface area contributed by atoms with Gasteiger partial charge < -0.3 is 11.1 Å². The van der Waals surface area contributed by atoms with Crippen LogP contribution in [0.15, 0.2) is 24.3 Å². The Bertz CT molecular complexity index is 500. The number of benzene rings is 1. The molecule has 2 amide bonds. The van der Waals surface area contributed by atoms with Crippen LogP contribution in [-0.4, -0.2) is 17.9 Å². The zero-order valence-electron chi connectivity index (χ0n) is 9.87. The molecule has 0 fully saturated rings. The first-order valence-corrected chi connectivity index (χ1v) is 5.67. The van der Waals surface area contributed by atoms with E-state index in [0.29, 0.717) is 11.4 Å². The van der Waals surface area contributed by atoms with Gasteiger partial charge in [-0.15, -0.1) is 0 Å². The summed E-state index contributed by atoms with van der Waals surface area (Å²) in [6.07, 6.45) is 0.309. The minimum Gasteiger partial charge on any atom is -0.368 e. The van der Waals surface area contributed by atoms with Crippen molar-refractivity contribution in [2.45, 2.75) is 19.4 Å². The van der Waals surface area contributed by atoms with Crippen molar-refractivity contribution in [1.29, 1.82) is 0 Å². The number of hydrogen-bond donors (Lipinski definition) is 2. The molecule has 0 heterocycles. The van der Waals surface area contributed by atoms with E-state index >= 15 is 0 Å². The number of carbonyl (C=O) groups excluding carboxylic acids is 2. The number of rotatable bonds is 4. The molecule has 0 radical (unpaired) electrons. The standard InChI is InChI=1S/C13H13ClN2O2/c1-2-3-12(17)16-11(13(15)18)8-9-4-6-10(14)7-5-9/h4-7,11H,8H2,1H3,(H2,15,18)(H,16,17). The Morgan fingerprint density at radius 1 is 1.39 bits per heavy atom. The van der Waals surface area contributed by atoms with Crippen molar-refractivity contribution in [2.24, 2.45) is 5.73 Å². The van der Waals surface area contributed by atoms with E-state index < -0.39 is 17.9 Å². The summed E-state index contributed by atoms with van der Waals surface area (Å²) in [5.41, 5.74) is 6.09. The molecule has 5 heteroatoms. The van der Waals surface area contributed by atoms with Gasteiger partial charge in [0.25, 0.3) is 5.91 Å². The number of halogens is 1. The quantitative estimate of drug-likeness (QED) is 0.793. The van der Waals surface area contributed by atoms with E-state index in [1.54, 1.807) is 24.3 Å². The monoisotopic (exact) mass is 264 g/mol. The van der Waals surface area contributed by atoms with E-state index in [-0.39, 0.29) is 0 Å². The van der Waals surface area contributed by atoms with Crippen molar-refractivity contribution >= 4 is 23.4 Å². The molecule has 1 atom stereocenters. The van der Waals surface area contributed by atoms with Crippen LogP contribution in [0.4, 0.5) is 0 Å². The van der Waals surface area contributed by atoms with Gasteiger partial charge in [0.1, 0.15) is 6.04 Å².